The van der Waals surface area contributed by atoms with Crippen molar-refractivity contribution in [3.05, 3.63) is 47.5 Å². The molecule has 0 aliphatic carbocycles. The molecule has 1 aromatic carbocycles. The molecule has 6 nitrogen and oxygen atoms in total. The summed E-state index contributed by atoms with van der Waals surface area (Å²) in [6, 6.07) is 6.26. The Balaban J connectivity index is 1.51. The van der Waals surface area contributed by atoms with Crippen LogP contribution in [0.5, 0.6) is 0 Å². The third-order valence-electron chi connectivity index (χ3n) is 5.33. The molecule has 138 valence electrons. The SMILES string of the molecule is CN(Cc1cnn2c1CNCC2)C1CCCN(c2ccccc2F)C1=O. The van der Waals surface area contributed by atoms with E-state index >= 15 is 0 Å². The lowest BCUT2D eigenvalue weighted by molar-refractivity contribution is -0.125. The normalized spacial score (nSPS) is 20.5. The molecule has 1 unspecified atom stereocenters. The van der Waals surface area contributed by atoms with Gasteiger partial charge in [-0.3, -0.25) is 14.4 Å². The summed E-state index contributed by atoms with van der Waals surface area (Å²) < 4.78 is 16.2. The van der Waals surface area contributed by atoms with E-state index in [-0.39, 0.29) is 17.8 Å². The molecule has 26 heavy (non-hydrogen) atoms. The molecule has 0 radical (unpaired) electrons. The van der Waals surface area contributed by atoms with E-state index in [4.69, 9.17) is 0 Å². The van der Waals surface area contributed by atoms with Gasteiger partial charge in [0.05, 0.1) is 30.2 Å². The van der Waals surface area contributed by atoms with Crippen molar-refractivity contribution >= 4 is 11.6 Å². The quantitative estimate of drug-likeness (QED) is 0.906. The van der Waals surface area contributed by atoms with Gasteiger partial charge in [0.2, 0.25) is 5.91 Å². The first-order valence-electron chi connectivity index (χ1n) is 9.15. The summed E-state index contributed by atoms with van der Waals surface area (Å²) in [5.41, 5.74) is 2.72. The Morgan fingerprint density at radius 3 is 3.04 bits per heavy atom. The predicted molar refractivity (Wildman–Crippen MR) is 97.2 cm³/mol. The molecule has 2 aliphatic heterocycles. The van der Waals surface area contributed by atoms with Crippen LogP contribution in [0.2, 0.25) is 0 Å². The fourth-order valence-corrected chi connectivity index (χ4v) is 3.92. The number of hydrogen-bond donors (Lipinski definition) is 1. The highest BCUT2D eigenvalue weighted by Gasteiger charge is 2.34. The highest BCUT2D eigenvalue weighted by Crippen LogP contribution is 2.26. The van der Waals surface area contributed by atoms with Crippen molar-refractivity contribution in [2.75, 3.05) is 25.0 Å². The first-order chi connectivity index (χ1) is 12.6. The number of carbonyl (C=O) groups excluding carboxylic acids is 1. The number of nitrogens with zero attached hydrogens (tertiary/aromatic N) is 4. The number of piperidine rings is 1. The number of carbonyl (C=O) groups is 1. The zero-order valence-corrected chi connectivity index (χ0v) is 15.0. The van der Waals surface area contributed by atoms with Crippen LogP contribution in [0, 0.1) is 5.82 Å². The van der Waals surface area contributed by atoms with Crippen LogP contribution < -0.4 is 10.2 Å². The van der Waals surface area contributed by atoms with E-state index in [9.17, 15) is 9.18 Å². The summed E-state index contributed by atoms with van der Waals surface area (Å²) in [4.78, 5) is 16.7. The van der Waals surface area contributed by atoms with Crippen LogP contribution >= 0.6 is 0 Å². The lowest BCUT2D eigenvalue weighted by Crippen LogP contribution is -2.51. The number of benzene rings is 1. The molecule has 1 atom stereocenters. The van der Waals surface area contributed by atoms with Crippen LogP contribution in [0.3, 0.4) is 0 Å². The lowest BCUT2D eigenvalue weighted by atomic mass is 10.0. The molecule has 3 heterocycles. The Bertz CT molecular complexity index is 805. The van der Waals surface area contributed by atoms with E-state index in [0.717, 1.165) is 38.0 Å². The monoisotopic (exact) mass is 357 g/mol. The minimum Gasteiger partial charge on any atom is -0.309 e. The second-order valence-electron chi connectivity index (χ2n) is 7.03. The predicted octanol–water partition coefficient (Wildman–Crippen LogP) is 1.75. The van der Waals surface area contributed by atoms with E-state index in [2.05, 4.69) is 15.3 Å². The zero-order valence-electron chi connectivity index (χ0n) is 15.0. The van der Waals surface area contributed by atoms with E-state index in [1.165, 1.54) is 11.8 Å². The molecule has 0 saturated carbocycles. The van der Waals surface area contributed by atoms with Gasteiger partial charge in [-0.1, -0.05) is 12.1 Å². The number of halogens is 1. The number of rotatable bonds is 4. The van der Waals surface area contributed by atoms with Gasteiger partial charge in [-0.25, -0.2) is 4.39 Å². The van der Waals surface area contributed by atoms with Crippen molar-refractivity contribution in [1.29, 1.82) is 0 Å². The topological polar surface area (TPSA) is 53.4 Å². The summed E-state index contributed by atoms with van der Waals surface area (Å²) in [6.45, 7) is 3.85. The zero-order chi connectivity index (χ0) is 18.1. The summed E-state index contributed by atoms with van der Waals surface area (Å²) in [7, 11) is 1.97. The third-order valence-corrected chi connectivity index (χ3v) is 5.33. The van der Waals surface area contributed by atoms with Crippen molar-refractivity contribution < 1.29 is 9.18 Å². The maximum atomic E-state index is 14.1. The number of fused-ring (bicyclic) bond motifs is 1. The van der Waals surface area contributed by atoms with Gasteiger partial charge < -0.3 is 10.2 Å². The largest absolute Gasteiger partial charge is 0.309 e. The van der Waals surface area contributed by atoms with Gasteiger partial charge >= 0.3 is 0 Å². The minimum absolute atomic E-state index is 0.0250. The van der Waals surface area contributed by atoms with Crippen molar-refractivity contribution in [3.8, 4) is 0 Å². The van der Waals surface area contributed by atoms with Crippen molar-refractivity contribution in [2.24, 2.45) is 0 Å². The van der Waals surface area contributed by atoms with Gasteiger partial charge in [-0.15, -0.1) is 0 Å². The van der Waals surface area contributed by atoms with Crippen LogP contribution in [-0.2, 0) is 24.4 Å². The molecule has 2 aromatic rings. The van der Waals surface area contributed by atoms with Crippen LogP contribution in [0.4, 0.5) is 10.1 Å². The number of anilines is 1. The maximum absolute atomic E-state index is 14.1. The fourth-order valence-electron chi connectivity index (χ4n) is 3.92. The molecule has 1 fully saturated rings. The fraction of sp³-hybridized carbons (Fsp3) is 0.474. The molecule has 4 rings (SSSR count). The Morgan fingerprint density at radius 2 is 2.19 bits per heavy atom. The average molecular weight is 357 g/mol. The first kappa shape index (κ1) is 17.2. The van der Waals surface area contributed by atoms with Crippen LogP contribution in [-0.4, -0.2) is 46.8 Å². The van der Waals surface area contributed by atoms with Crippen LogP contribution in [0.25, 0.3) is 0 Å². The third kappa shape index (κ3) is 3.12. The Morgan fingerprint density at radius 1 is 1.35 bits per heavy atom. The average Bonchev–Trinajstić information content (AvgIpc) is 3.06. The van der Waals surface area contributed by atoms with Gasteiger partial charge in [0.25, 0.3) is 0 Å². The highest BCUT2D eigenvalue weighted by atomic mass is 19.1. The van der Waals surface area contributed by atoms with Gasteiger partial charge in [-0.05, 0) is 32.0 Å². The number of amides is 1. The first-order valence-corrected chi connectivity index (χ1v) is 9.15. The van der Waals surface area contributed by atoms with E-state index < -0.39 is 0 Å². The Hall–Kier alpha value is -2.25. The number of nitrogens with one attached hydrogen (secondary N) is 1. The standard InChI is InChI=1S/C19H24FN5O/c1-23(13-14-11-22-25-10-8-21-12-18(14)25)17-7-4-9-24(19(17)26)16-6-3-2-5-15(16)20/h2-3,5-6,11,17,21H,4,7-10,12-13H2,1H3. The summed E-state index contributed by atoms with van der Waals surface area (Å²) in [5, 5.41) is 7.82. The molecule has 1 N–H and O–H groups in total. The van der Waals surface area contributed by atoms with E-state index in [0.29, 0.717) is 18.8 Å². The molecule has 0 bridgehead atoms. The molecule has 0 spiro atoms. The van der Waals surface area contributed by atoms with Crippen molar-refractivity contribution in [1.82, 2.24) is 20.0 Å². The van der Waals surface area contributed by atoms with Crippen molar-refractivity contribution in [3.63, 3.8) is 0 Å². The number of hydrogen-bond acceptors (Lipinski definition) is 4. The van der Waals surface area contributed by atoms with Crippen LogP contribution in [0.1, 0.15) is 24.1 Å². The van der Waals surface area contributed by atoms with Crippen LogP contribution in [0.15, 0.2) is 30.5 Å². The Labute approximate surface area is 152 Å². The molecule has 1 amide bonds. The second-order valence-corrected chi connectivity index (χ2v) is 7.03. The van der Waals surface area contributed by atoms with E-state index in [1.54, 1.807) is 23.1 Å². The van der Waals surface area contributed by atoms with Crippen molar-refractivity contribution in [2.45, 2.75) is 38.5 Å². The smallest absolute Gasteiger partial charge is 0.244 e. The van der Waals surface area contributed by atoms with Gasteiger partial charge in [0.15, 0.2) is 0 Å². The Kier molecular flexibility index (Phi) is 4.74. The molecule has 1 aromatic heterocycles. The number of para-hydroxylation sites is 1. The molecule has 1 saturated heterocycles. The second kappa shape index (κ2) is 7.17. The number of aromatic nitrogens is 2. The maximum Gasteiger partial charge on any atom is 0.244 e. The molecular weight excluding hydrogens is 333 g/mol. The number of likely N-dealkylation sites (N-methyl/N-ethyl adjacent to an activating group) is 1. The lowest BCUT2D eigenvalue weighted by Gasteiger charge is -2.37. The summed E-state index contributed by atoms with van der Waals surface area (Å²) >= 11 is 0. The summed E-state index contributed by atoms with van der Waals surface area (Å²) in [6.07, 6.45) is 3.56. The molecule has 2 aliphatic rings. The van der Waals surface area contributed by atoms with E-state index in [1.807, 2.05) is 17.9 Å². The van der Waals surface area contributed by atoms with Gasteiger partial charge in [0, 0.05) is 31.7 Å². The minimum atomic E-state index is -0.346. The van der Waals surface area contributed by atoms with Gasteiger partial charge in [0.1, 0.15) is 5.82 Å². The van der Waals surface area contributed by atoms with Gasteiger partial charge in [-0.2, -0.15) is 5.10 Å². The highest BCUT2D eigenvalue weighted by molar-refractivity contribution is 5.98. The summed E-state index contributed by atoms with van der Waals surface area (Å²) in [5.74, 6) is -0.371. The molecular formula is C19H24FN5O. The molecule has 7 heteroatoms.